The second kappa shape index (κ2) is 8.57. The molecule has 9 nitrogen and oxygen atoms in total. The van der Waals surface area contributed by atoms with E-state index in [1.807, 2.05) is 0 Å². The van der Waals surface area contributed by atoms with Crippen LogP contribution in [0.1, 0.15) is 13.3 Å². The summed E-state index contributed by atoms with van der Waals surface area (Å²) in [6.45, 7) is 2.90. The molecule has 158 valence electrons. The largest absolute Gasteiger partial charge is 0.335 e. The molecule has 0 N–H and O–H groups in total. The summed E-state index contributed by atoms with van der Waals surface area (Å²) in [5.74, 6) is -1.67. The minimum Gasteiger partial charge on any atom is -0.283 e. The lowest BCUT2D eigenvalue weighted by Gasteiger charge is -2.35. The smallest absolute Gasteiger partial charge is 0.283 e. The fraction of sp³-hybridized carbons (Fsp3) is 0.471. The molecule has 2 aliphatic heterocycles. The minimum absolute atomic E-state index is 0.0473. The van der Waals surface area contributed by atoms with Crippen molar-refractivity contribution in [2.75, 3.05) is 39.4 Å². The van der Waals surface area contributed by atoms with E-state index in [9.17, 15) is 22.8 Å². The number of imide groups is 2. The summed E-state index contributed by atoms with van der Waals surface area (Å²) in [5.41, 5.74) is 0. The summed E-state index contributed by atoms with van der Waals surface area (Å²) < 4.78 is 26.9. The first-order valence-corrected chi connectivity index (χ1v) is 11.2. The lowest BCUT2D eigenvalue weighted by atomic mass is 10.4. The molecule has 12 heteroatoms. The first kappa shape index (κ1) is 22.0. The monoisotopic (exact) mass is 462 g/mol. The lowest BCUT2D eigenvalue weighted by Crippen LogP contribution is -2.52. The van der Waals surface area contributed by atoms with Gasteiger partial charge in [-0.15, -0.1) is 0 Å². The van der Waals surface area contributed by atoms with E-state index < -0.39 is 27.9 Å². The first-order valence-electron chi connectivity index (χ1n) is 9.01. The van der Waals surface area contributed by atoms with Crippen LogP contribution in [0, 0.1) is 0 Å². The van der Waals surface area contributed by atoms with Crippen molar-refractivity contribution in [1.82, 2.24) is 19.0 Å². The van der Waals surface area contributed by atoms with Crippen LogP contribution in [0.4, 0.5) is 4.79 Å². The zero-order valence-electron chi connectivity index (χ0n) is 15.7. The number of nitrogens with zero attached hydrogens (tertiary/aromatic N) is 4. The third kappa shape index (κ3) is 4.26. The Morgan fingerprint density at radius 1 is 0.931 bits per heavy atom. The predicted molar refractivity (Wildman–Crippen MR) is 106 cm³/mol. The van der Waals surface area contributed by atoms with Crippen molar-refractivity contribution < 1.29 is 22.8 Å². The topological polar surface area (TPSA) is 98.3 Å². The molecule has 29 heavy (non-hydrogen) atoms. The van der Waals surface area contributed by atoms with Gasteiger partial charge in [0.15, 0.2) is 0 Å². The minimum atomic E-state index is -3.74. The van der Waals surface area contributed by atoms with Gasteiger partial charge in [0.25, 0.3) is 0 Å². The van der Waals surface area contributed by atoms with E-state index in [2.05, 4.69) is 0 Å². The first-order chi connectivity index (χ1) is 13.7. The van der Waals surface area contributed by atoms with Crippen molar-refractivity contribution in [3.8, 4) is 0 Å². The van der Waals surface area contributed by atoms with Gasteiger partial charge in [0, 0.05) is 32.7 Å². The molecule has 0 aliphatic carbocycles. The van der Waals surface area contributed by atoms with Crippen LogP contribution in [0.2, 0.25) is 10.0 Å². The molecule has 4 amide bonds. The average molecular weight is 463 g/mol. The highest BCUT2D eigenvalue weighted by atomic mass is 35.5. The maximum atomic E-state index is 12.8. The van der Waals surface area contributed by atoms with Gasteiger partial charge in [0.05, 0.1) is 21.6 Å². The van der Waals surface area contributed by atoms with Gasteiger partial charge in [0.1, 0.15) is 0 Å². The van der Waals surface area contributed by atoms with Crippen LogP contribution < -0.4 is 0 Å². The molecule has 0 atom stereocenters. The molecule has 2 heterocycles. The lowest BCUT2D eigenvalue weighted by molar-refractivity contribution is -0.144. The van der Waals surface area contributed by atoms with E-state index in [1.54, 1.807) is 11.8 Å². The second-order valence-electron chi connectivity index (χ2n) is 6.71. The maximum absolute atomic E-state index is 12.8. The molecule has 0 spiro atoms. The second-order valence-corrected chi connectivity index (χ2v) is 9.46. The van der Waals surface area contributed by atoms with Gasteiger partial charge in [0.2, 0.25) is 10.0 Å². The molecule has 1 aromatic carbocycles. The number of carbonyl (C=O) groups excluding carboxylic acids is 3. The summed E-state index contributed by atoms with van der Waals surface area (Å²) >= 11 is 11.8. The Kier molecular flexibility index (Phi) is 6.49. The van der Waals surface area contributed by atoms with Crippen molar-refractivity contribution >= 4 is 51.1 Å². The Morgan fingerprint density at radius 2 is 1.55 bits per heavy atom. The number of benzene rings is 1. The SMILES string of the molecule is CCCN1C(=O)C(=O)N(CN2CCN(S(=O)(=O)c3ccc(Cl)c(Cl)c3)CC2)C1=O. The van der Waals surface area contributed by atoms with Crippen molar-refractivity contribution in [2.45, 2.75) is 18.2 Å². The molecule has 2 aliphatic rings. The van der Waals surface area contributed by atoms with Gasteiger partial charge in [-0.05, 0) is 24.6 Å². The van der Waals surface area contributed by atoms with Crippen molar-refractivity contribution in [2.24, 2.45) is 0 Å². The molecule has 2 saturated heterocycles. The highest BCUT2D eigenvalue weighted by molar-refractivity contribution is 7.89. The number of urea groups is 1. The van der Waals surface area contributed by atoms with E-state index in [0.29, 0.717) is 19.5 Å². The molecule has 2 fully saturated rings. The van der Waals surface area contributed by atoms with E-state index in [1.165, 1.54) is 22.5 Å². The van der Waals surface area contributed by atoms with Gasteiger partial charge in [-0.3, -0.25) is 19.4 Å². The van der Waals surface area contributed by atoms with E-state index in [4.69, 9.17) is 23.2 Å². The summed E-state index contributed by atoms with van der Waals surface area (Å²) in [6, 6.07) is 3.50. The zero-order chi connectivity index (χ0) is 21.3. The van der Waals surface area contributed by atoms with Gasteiger partial charge < -0.3 is 0 Å². The number of carbonyl (C=O) groups is 3. The summed E-state index contributed by atoms with van der Waals surface area (Å²) in [5, 5.41) is 0.417. The summed E-state index contributed by atoms with van der Waals surface area (Å²) in [4.78, 5) is 40.0. The Hall–Kier alpha value is -1.72. The number of halogens is 2. The zero-order valence-corrected chi connectivity index (χ0v) is 18.0. The van der Waals surface area contributed by atoms with Crippen LogP contribution in [-0.4, -0.2) is 84.7 Å². The summed E-state index contributed by atoms with van der Waals surface area (Å²) in [6.07, 6.45) is 0.559. The fourth-order valence-corrected chi connectivity index (χ4v) is 5.01. The Bertz CT molecular complexity index is 947. The van der Waals surface area contributed by atoms with Crippen molar-refractivity contribution in [3.05, 3.63) is 28.2 Å². The van der Waals surface area contributed by atoms with Gasteiger partial charge in [-0.25, -0.2) is 18.1 Å². The van der Waals surface area contributed by atoms with Gasteiger partial charge in [-0.2, -0.15) is 4.31 Å². The molecule has 0 saturated carbocycles. The normalized spacial score (nSPS) is 19.5. The van der Waals surface area contributed by atoms with Crippen molar-refractivity contribution in [1.29, 1.82) is 0 Å². The van der Waals surface area contributed by atoms with Crippen LogP contribution in [0.3, 0.4) is 0 Å². The van der Waals surface area contributed by atoms with Crippen LogP contribution >= 0.6 is 23.2 Å². The number of sulfonamides is 1. The third-order valence-electron chi connectivity index (χ3n) is 4.78. The maximum Gasteiger partial charge on any atom is 0.335 e. The predicted octanol–water partition coefficient (Wildman–Crippen LogP) is 1.46. The van der Waals surface area contributed by atoms with Gasteiger partial charge in [-0.1, -0.05) is 30.1 Å². The fourth-order valence-electron chi connectivity index (χ4n) is 3.19. The third-order valence-corrected chi connectivity index (χ3v) is 7.42. The average Bonchev–Trinajstić information content (AvgIpc) is 2.89. The van der Waals surface area contributed by atoms with Crippen molar-refractivity contribution in [3.63, 3.8) is 0 Å². The van der Waals surface area contributed by atoms with E-state index >= 15 is 0 Å². The Morgan fingerprint density at radius 3 is 2.14 bits per heavy atom. The molecular weight excluding hydrogens is 443 g/mol. The standard InChI is InChI=1S/C17H20Cl2N4O5S/c1-2-5-22-15(24)16(25)23(17(22)26)11-20-6-8-21(9-7-20)29(27,28)12-3-4-13(18)14(19)10-12/h3-4,10H,2,5-9,11H2,1H3. The Labute approximate surface area is 178 Å². The molecule has 0 aromatic heterocycles. The van der Waals surface area contributed by atoms with Crippen LogP contribution in [0.15, 0.2) is 23.1 Å². The van der Waals surface area contributed by atoms with Crippen LogP contribution in [0.5, 0.6) is 0 Å². The number of amides is 4. The number of hydrogen-bond acceptors (Lipinski definition) is 6. The summed E-state index contributed by atoms with van der Waals surface area (Å²) in [7, 11) is -3.74. The molecule has 0 unspecified atom stereocenters. The molecule has 3 rings (SSSR count). The Balaban J connectivity index is 1.63. The highest BCUT2D eigenvalue weighted by Gasteiger charge is 2.44. The highest BCUT2D eigenvalue weighted by Crippen LogP contribution is 2.27. The van der Waals surface area contributed by atoms with Crippen LogP contribution in [0.25, 0.3) is 0 Å². The van der Waals surface area contributed by atoms with Gasteiger partial charge >= 0.3 is 17.8 Å². The molecule has 1 aromatic rings. The van der Waals surface area contributed by atoms with E-state index in [0.717, 1.165) is 9.80 Å². The number of hydrogen-bond donors (Lipinski definition) is 0. The number of rotatable bonds is 6. The molecular formula is C17H20Cl2N4O5S. The molecule has 0 bridgehead atoms. The van der Waals surface area contributed by atoms with E-state index in [-0.39, 0.29) is 41.2 Å². The van der Waals surface area contributed by atoms with Crippen LogP contribution in [-0.2, 0) is 19.6 Å². The molecule has 0 radical (unpaired) electrons. The quantitative estimate of drug-likeness (QED) is 0.468. The number of piperazine rings is 1.